The van der Waals surface area contributed by atoms with Gasteiger partial charge in [0.2, 0.25) is 5.91 Å². The summed E-state index contributed by atoms with van der Waals surface area (Å²) in [5.74, 6) is 2.27. The Morgan fingerprint density at radius 2 is 1.76 bits per heavy atom. The highest BCUT2D eigenvalue weighted by Crippen LogP contribution is 2.13. The van der Waals surface area contributed by atoms with Crippen molar-refractivity contribution >= 4 is 17.4 Å². The van der Waals surface area contributed by atoms with E-state index in [4.69, 9.17) is 9.47 Å². The van der Waals surface area contributed by atoms with Crippen LogP contribution in [0.2, 0.25) is 0 Å². The van der Waals surface area contributed by atoms with E-state index >= 15 is 0 Å². The molecule has 0 spiro atoms. The highest BCUT2D eigenvalue weighted by Gasteiger charge is 2.04. The fourth-order valence-corrected chi connectivity index (χ4v) is 2.70. The number of pyridine rings is 1. The molecule has 0 bridgehead atoms. The third kappa shape index (κ3) is 6.84. The number of anilines is 2. The Kier molecular flexibility index (Phi) is 7.46. The van der Waals surface area contributed by atoms with Crippen molar-refractivity contribution < 1.29 is 14.3 Å². The third-order valence-corrected chi connectivity index (χ3v) is 4.27. The Balaban J connectivity index is 1.37. The topological polar surface area (TPSA) is 72.5 Å². The standard InChI is InChI=1S/C23H25N3O3/c1-28-20-10-7-18(8-11-20)13-15-24-22-12-9-19(17-25-22)26-23(27)14-16-29-21-5-3-2-4-6-21/h2-12,17H,13-16H2,1H3,(H,24,25)(H,26,27). The van der Waals surface area contributed by atoms with Gasteiger partial charge in [0.1, 0.15) is 17.3 Å². The maximum atomic E-state index is 12.0. The number of aromatic nitrogens is 1. The summed E-state index contributed by atoms with van der Waals surface area (Å²) < 4.78 is 10.7. The molecular formula is C23H25N3O3. The molecule has 0 saturated carbocycles. The summed E-state index contributed by atoms with van der Waals surface area (Å²) in [6, 6.07) is 21.1. The molecule has 0 aliphatic rings. The number of hydrogen-bond acceptors (Lipinski definition) is 5. The van der Waals surface area contributed by atoms with Crippen LogP contribution in [0.5, 0.6) is 11.5 Å². The van der Waals surface area contributed by atoms with Gasteiger partial charge in [-0.05, 0) is 48.4 Å². The van der Waals surface area contributed by atoms with Gasteiger partial charge in [0.05, 0.1) is 32.0 Å². The molecule has 1 aromatic heterocycles. The van der Waals surface area contributed by atoms with E-state index in [2.05, 4.69) is 15.6 Å². The van der Waals surface area contributed by atoms with E-state index in [0.29, 0.717) is 12.3 Å². The molecule has 3 aromatic rings. The predicted octanol–water partition coefficient (Wildman–Crippen LogP) is 4.15. The first-order valence-electron chi connectivity index (χ1n) is 9.53. The van der Waals surface area contributed by atoms with Crippen LogP contribution in [0.3, 0.4) is 0 Å². The van der Waals surface area contributed by atoms with E-state index in [-0.39, 0.29) is 12.3 Å². The summed E-state index contributed by atoms with van der Waals surface area (Å²) in [5.41, 5.74) is 1.88. The average Bonchev–Trinajstić information content (AvgIpc) is 2.76. The van der Waals surface area contributed by atoms with Crippen molar-refractivity contribution in [2.45, 2.75) is 12.8 Å². The van der Waals surface area contributed by atoms with Crippen LogP contribution in [0.4, 0.5) is 11.5 Å². The van der Waals surface area contributed by atoms with Crippen LogP contribution in [0, 0.1) is 0 Å². The first-order chi connectivity index (χ1) is 14.2. The molecule has 0 saturated heterocycles. The highest BCUT2D eigenvalue weighted by atomic mass is 16.5. The van der Waals surface area contributed by atoms with Gasteiger partial charge in [-0.3, -0.25) is 4.79 Å². The number of benzene rings is 2. The molecule has 3 rings (SSSR count). The van der Waals surface area contributed by atoms with Crippen LogP contribution in [-0.4, -0.2) is 31.2 Å². The Hall–Kier alpha value is -3.54. The summed E-state index contributed by atoms with van der Waals surface area (Å²) in [6.07, 6.45) is 2.80. The molecule has 150 valence electrons. The zero-order chi connectivity index (χ0) is 20.3. The lowest BCUT2D eigenvalue weighted by atomic mass is 10.1. The van der Waals surface area contributed by atoms with Crippen LogP contribution in [0.15, 0.2) is 72.9 Å². The molecule has 29 heavy (non-hydrogen) atoms. The molecule has 6 heteroatoms. The van der Waals surface area contributed by atoms with Crippen molar-refractivity contribution in [2.75, 3.05) is 30.9 Å². The van der Waals surface area contributed by atoms with Gasteiger partial charge < -0.3 is 20.1 Å². The minimum Gasteiger partial charge on any atom is -0.497 e. The van der Waals surface area contributed by atoms with Gasteiger partial charge in [0.15, 0.2) is 0 Å². The molecule has 2 N–H and O–H groups in total. The highest BCUT2D eigenvalue weighted by molar-refractivity contribution is 5.90. The fraction of sp³-hybridized carbons (Fsp3) is 0.217. The monoisotopic (exact) mass is 391 g/mol. The number of ether oxygens (including phenoxy) is 2. The molecule has 0 aliphatic carbocycles. The van der Waals surface area contributed by atoms with Crippen molar-refractivity contribution in [3.05, 3.63) is 78.5 Å². The number of rotatable bonds is 10. The number of hydrogen-bond donors (Lipinski definition) is 2. The maximum Gasteiger partial charge on any atom is 0.227 e. The molecule has 1 heterocycles. The summed E-state index contributed by atoms with van der Waals surface area (Å²) in [4.78, 5) is 16.4. The molecule has 6 nitrogen and oxygen atoms in total. The van der Waals surface area contributed by atoms with Gasteiger partial charge in [-0.25, -0.2) is 4.98 Å². The molecule has 0 radical (unpaired) electrons. The fourth-order valence-electron chi connectivity index (χ4n) is 2.70. The van der Waals surface area contributed by atoms with Crippen molar-refractivity contribution in [3.63, 3.8) is 0 Å². The van der Waals surface area contributed by atoms with E-state index in [0.717, 1.165) is 30.3 Å². The van der Waals surface area contributed by atoms with E-state index in [1.54, 1.807) is 13.3 Å². The molecule has 2 aromatic carbocycles. The Labute approximate surface area is 170 Å². The second kappa shape index (κ2) is 10.7. The quantitative estimate of drug-likeness (QED) is 0.543. The SMILES string of the molecule is COc1ccc(CCNc2ccc(NC(=O)CCOc3ccccc3)cn2)cc1. The van der Waals surface area contributed by atoms with Crippen LogP contribution < -0.4 is 20.1 Å². The van der Waals surface area contributed by atoms with Crippen LogP contribution in [0.1, 0.15) is 12.0 Å². The van der Waals surface area contributed by atoms with Gasteiger partial charge in [-0.15, -0.1) is 0 Å². The number of nitrogens with zero attached hydrogens (tertiary/aromatic N) is 1. The number of amides is 1. The van der Waals surface area contributed by atoms with Gasteiger partial charge in [0, 0.05) is 6.54 Å². The lowest BCUT2D eigenvalue weighted by Crippen LogP contribution is -2.15. The molecule has 0 atom stereocenters. The van der Waals surface area contributed by atoms with Gasteiger partial charge in [-0.2, -0.15) is 0 Å². The van der Waals surface area contributed by atoms with Crippen molar-refractivity contribution in [2.24, 2.45) is 0 Å². The molecule has 0 aliphatic heterocycles. The van der Waals surface area contributed by atoms with E-state index in [9.17, 15) is 4.79 Å². The number of methoxy groups -OCH3 is 1. The zero-order valence-electron chi connectivity index (χ0n) is 16.4. The molecular weight excluding hydrogens is 366 g/mol. The van der Waals surface area contributed by atoms with Crippen molar-refractivity contribution in [1.82, 2.24) is 4.98 Å². The number of para-hydroxylation sites is 1. The summed E-state index contributed by atoms with van der Waals surface area (Å²) in [6.45, 7) is 1.09. The third-order valence-electron chi connectivity index (χ3n) is 4.27. The van der Waals surface area contributed by atoms with Crippen LogP contribution >= 0.6 is 0 Å². The Bertz CT molecular complexity index is 882. The number of nitrogens with one attached hydrogen (secondary N) is 2. The van der Waals surface area contributed by atoms with Gasteiger partial charge >= 0.3 is 0 Å². The normalized spacial score (nSPS) is 10.2. The lowest BCUT2D eigenvalue weighted by molar-refractivity contribution is -0.116. The predicted molar refractivity (Wildman–Crippen MR) is 115 cm³/mol. The number of carbonyl (C=O) groups is 1. The first-order valence-corrected chi connectivity index (χ1v) is 9.53. The summed E-state index contributed by atoms with van der Waals surface area (Å²) in [7, 11) is 1.66. The number of carbonyl (C=O) groups excluding carboxylic acids is 1. The van der Waals surface area contributed by atoms with Crippen LogP contribution in [0.25, 0.3) is 0 Å². The maximum absolute atomic E-state index is 12.0. The molecule has 1 amide bonds. The van der Waals surface area contributed by atoms with E-state index in [1.165, 1.54) is 5.56 Å². The van der Waals surface area contributed by atoms with E-state index in [1.807, 2.05) is 66.7 Å². The first kappa shape index (κ1) is 20.2. The van der Waals surface area contributed by atoms with Gasteiger partial charge in [-0.1, -0.05) is 30.3 Å². The largest absolute Gasteiger partial charge is 0.497 e. The lowest BCUT2D eigenvalue weighted by Gasteiger charge is -2.09. The molecule has 0 fully saturated rings. The van der Waals surface area contributed by atoms with Crippen molar-refractivity contribution in [1.29, 1.82) is 0 Å². The van der Waals surface area contributed by atoms with Crippen LogP contribution in [-0.2, 0) is 11.2 Å². The minimum atomic E-state index is -0.108. The smallest absolute Gasteiger partial charge is 0.227 e. The van der Waals surface area contributed by atoms with Crippen molar-refractivity contribution in [3.8, 4) is 11.5 Å². The average molecular weight is 391 g/mol. The molecule has 0 unspecified atom stereocenters. The van der Waals surface area contributed by atoms with Gasteiger partial charge in [0.25, 0.3) is 0 Å². The zero-order valence-corrected chi connectivity index (χ0v) is 16.4. The summed E-state index contributed by atoms with van der Waals surface area (Å²) >= 11 is 0. The minimum absolute atomic E-state index is 0.108. The Morgan fingerprint density at radius 3 is 2.45 bits per heavy atom. The second-order valence-electron chi connectivity index (χ2n) is 6.42. The summed E-state index contributed by atoms with van der Waals surface area (Å²) in [5, 5.41) is 6.11. The van der Waals surface area contributed by atoms with E-state index < -0.39 is 0 Å². The second-order valence-corrected chi connectivity index (χ2v) is 6.42. The Morgan fingerprint density at radius 1 is 0.966 bits per heavy atom.